The van der Waals surface area contributed by atoms with Gasteiger partial charge in [-0.2, -0.15) is 4.98 Å². The Morgan fingerprint density at radius 1 is 1.47 bits per heavy atom. The summed E-state index contributed by atoms with van der Waals surface area (Å²) in [6, 6.07) is -0.0252. The molecule has 0 bridgehead atoms. The van der Waals surface area contributed by atoms with Crippen LogP contribution in [0.5, 0.6) is 0 Å². The molecule has 0 aliphatic heterocycles. The van der Waals surface area contributed by atoms with Gasteiger partial charge in [-0.25, -0.2) is 0 Å². The minimum atomic E-state index is -0.0793. The number of hydrogen-bond donors (Lipinski definition) is 2. The summed E-state index contributed by atoms with van der Waals surface area (Å²) in [6.45, 7) is 0.304. The predicted molar refractivity (Wildman–Crippen MR) is 60.7 cm³/mol. The Balaban J connectivity index is 1.85. The van der Waals surface area contributed by atoms with Crippen LogP contribution in [0.15, 0.2) is 10.9 Å². The molecule has 1 saturated carbocycles. The van der Waals surface area contributed by atoms with Gasteiger partial charge in [0.15, 0.2) is 5.82 Å². The van der Waals surface area contributed by atoms with Crippen molar-refractivity contribution in [3.8, 4) is 0 Å². The molecule has 1 aliphatic carbocycles. The van der Waals surface area contributed by atoms with Crippen LogP contribution in [0, 0.1) is 5.92 Å². The predicted octanol–water partition coefficient (Wildman–Crippen LogP) is 0.593. The van der Waals surface area contributed by atoms with Crippen LogP contribution in [-0.2, 0) is 11.3 Å². The number of rotatable bonds is 3. The van der Waals surface area contributed by atoms with Crippen molar-refractivity contribution < 1.29 is 9.32 Å². The highest BCUT2D eigenvalue weighted by molar-refractivity contribution is 5.79. The fourth-order valence-electron chi connectivity index (χ4n) is 2.23. The third kappa shape index (κ3) is 3.26. The first-order valence-electron chi connectivity index (χ1n) is 6.06. The van der Waals surface area contributed by atoms with E-state index in [9.17, 15) is 4.79 Å². The van der Waals surface area contributed by atoms with E-state index in [1.54, 1.807) is 0 Å². The molecule has 94 valence electrons. The summed E-state index contributed by atoms with van der Waals surface area (Å²) in [4.78, 5) is 15.8. The van der Waals surface area contributed by atoms with Crippen LogP contribution >= 0.6 is 0 Å². The van der Waals surface area contributed by atoms with Gasteiger partial charge in [0, 0.05) is 6.04 Å². The summed E-state index contributed by atoms with van der Waals surface area (Å²) in [7, 11) is 0. The van der Waals surface area contributed by atoms with Gasteiger partial charge in [0.1, 0.15) is 0 Å². The maximum Gasteiger partial charge on any atom is 0.225 e. The van der Waals surface area contributed by atoms with Crippen LogP contribution in [0.2, 0.25) is 0 Å². The highest BCUT2D eigenvalue weighted by Gasteiger charge is 2.26. The van der Waals surface area contributed by atoms with Crippen LogP contribution in [0.25, 0.3) is 0 Å². The van der Waals surface area contributed by atoms with E-state index in [1.165, 1.54) is 12.8 Å². The van der Waals surface area contributed by atoms with Crippen molar-refractivity contribution in [2.24, 2.45) is 11.7 Å². The number of nitrogens with one attached hydrogen (secondary N) is 1. The molecule has 0 spiro atoms. The number of nitrogens with two attached hydrogens (primary N) is 1. The van der Waals surface area contributed by atoms with Gasteiger partial charge in [0.2, 0.25) is 12.3 Å². The van der Waals surface area contributed by atoms with Crippen molar-refractivity contribution in [2.75, 3.05) is 0 Å². The van der Waals surface area contributed by atoms with E-state index in [0.717, 1.165) is 25.7 Å². The molecule has 0 saturated heterocycles. The molecule has 0 aromatic carbocycles. The van der Waals surface area contributed by atoms with Gasteiger partial charge in [-0.15, -0.1) is 0 Å². The molecule has 3 N–H and O–H groups in total. The number of amides is 1. The number of hydrogen-bond acceptors (Lipinski definition) is 5. The van der Waals surface area contributed by atoms with Crippen molar-refractivity contribution in [3.63, 3.8) is 0 Å². The molecule has 17 heavy (non-hydrogen) atoms. The van der Waals surface area contributed by atoms with E-state index in [-0.39, 0.29) is 17.9 Å². The number of carbonyl (C=O) groups excluding carboxylic acids is 1. The summed E-state index contributed by atoms with van der Waals surface area (Å²) < 4.78 is 4.60. The van der Waals surface area contributed by atoms with Crippen LogP contribution in [-0.4, -0.2) is 22.1 Å². The maximum atomic E-state index is 12.0. The molecular weight excluding hydrogens is 220 g/mol. The molecule has 2 unspecified atom stereocenters. The smallest absolute Gasteiger partial charge is 0.225 e. The van der Waals surface area contributed by atoms with Crippen molar-refractivity contribution in [1.82, 2.24) is 15.5 Å². The SMILES string of the molecule is NC1CCCCCC1C(=O)NCc1ncon1. The van der Waals surface area contributed by atoms with E-state index in [4.69, 9.17) is 5.73 Å². The first kappa shape index (κ1) is 12.0. The quantitative estimate of drug-likeness (QED) is 0.752. The zero-order chi connectivity index (χ0) is 12.1. The lowest BCUT2D eigenvalue weighted by Crippen LogP contribution is -2.41. The van der Waals surface area contributed by atoms with Gasteiger partial charge in [-0.3, -0.25) is 4.79 Å². The van der Waals surface area contributed by atoms with Crippen molar-refractivity contribution in [2.45, 2.75) is 44.7 Å². The minimum absolute atomic E-state index is 0.00389. The standard InChI is InChI=1S/C11H18N4O2/c12-9-5-3-1-2-4-8(9)11(16)13-6-10-14-7-17-15-10/h7-9H,1-6,12H2,(H,13,16). The monoisotopic (exact) mass is 238 g/mol. The summed E-state index contributed by atoms with van der Waals surface area (Å²) in [6.07, 6.45) is 6.42. The number of aromatic nitrogens is 2. The molecule has 1 aromatic heterocycles. The number of carbonyl (C=O) groups is 1. The average molecular weight is 238 g/mol. The first-order valence-corrected chi connectivity index (χ1v) is 6.06. The Morgan fingerprint density at radius 3 is 3.06 bits per heavy atom. The van der Waals surface area contributed by atoms with Crippen LogP contribution in [0.4, 0.5) is 0 Å². The third-order valence-corrected chi connectivity index (χ3v) is 3.23. The molecular formula is C11H18N4O2. The molecule has 2 atom stereocenters. The fraction of sp³-hybridized carbons (Fsp3) is 0.727. The van der Waals surface area contributed by atoms with E-state index in [1.807, 2.05) is 0 Å². The molecule has 6 nitrogen and oxygen atoms in total. The van der Waals surface area contributed by atoms with E-state index in [0.29, 0.717) is 12.4 Å². The van der Waals surface area contributed by atoms with E-state index >= 15 is 0 Å². The first-order chi connectivity index (χ1) is 8.27. The van der Waals surface area contributed by atoms with Crippen molar-refractivity contribution in [1.29, 1.82) is 0 Å². The minimum Gasteiger partial charge on any atom is -0.348 e. The second kappa shape index (κ2) is 5.77. The van der Waals surface area contributed by atoms with Crippen LogP contribution in [0.1, 0.15) is 37.9 Å². The highest BCUT2D eigenvalue weighted by atomic mass is 16.5. The van der Waals surface area contributed by atoms with Gasteiger partial charge in [0.05, 0.1) is 12.5 Å². The van der Waals surface area contributed by atoms with Crippen LogP contribution in [0.3, 0.4) is 0 Å². The molecule has 1 aromatic rings. The topological polar surface area (TPSA) is 94.0 Å². The molecule has 6 heteroatoms. The fourth-order valence-corrected chi connectivity index (χ4v) is 2.23. The van der Waals surface area contributed by atoms with Gasteiger partial charge in [0.25, 0.3) is 0 Å². The maximum absolute atomic E-state index is 12.0. The second-order valence-electron chi connectivity index (χ2n) is 4.47. The zero-order valence-corrected chi connectivity index (χ0v) is 9.76. The van der Waals surface area contributed by atoms with Gasteiger partial charge in [-0.05, 0) is 12.8 Å². The van der Waals surface area contributed by atoms with Crippen LogP contribution < -0.4 is 11.1 Å². The van der Waals surface area contributed by atoms with Gasteiger partial charge >= 0.3 is 0 Å². The summed E-state index contributed by atoms with van der Waals surface area (Å²) in [5.74, 6) is 0.411. The third-order valence-electron chi connectivity index (χ3n) is 3.23. The summed E-state index contributed by atoms with van der Waals surface area (Å²) >= 11 is 0. The van der Waals surface area contributed by atoms with E-state index < -0.39 is 0 Å². The summed E-state index contributed by atoms with van der Waals surface area (Å²) in [5, 5.41) is 6.45. The van der Waals surface area contributed by atoms with E-state index in [2.05, 4.69) is 20.0 Å². The van der Waals surface area contributed by atoms with Crippen molar-refractivity contribution >= 4 is 5.91 Å². The second-order valence-corrected chi connectivity index (χ2v) is 4.47. The van der Waals surface area contributed by atoms with Gasteiger partial charge < -0.3 is 15.6 Å². The lowest BCUT2D eigenvalue weighted by atomic mass is 9.94. The normalized spacial score (nSPS) is 25.2. The van der Waals surface area contributed by atoms with Gasteiger partial charge in [-0.1, -0.05) is 24.4 Å². The average Bonchev–Trinajstić information content (AvgIpc) is 2.75. The molecule has 1 fully saturated rings. The Bertz CT molecular complexity index is 352. The lowest BCUT2D eigenvalue weighted by molar-refractivity contribution is -0.126. The number of nitrogens with zero attached hydrogens (tertiary/aromatic N) is 2. The Morgan fingerprint density at radius 2 is 2.29 bits per heavy atom. The Kier molecular flexibility index (Phi) is 4.08. The Labute approximate surface area is 99.9 Å². The molecule has 1 amide bonds. The molecule has 2 rings (SSSR count). The largest absolute Gasteiger partial charge is 0.348 e. The highest BCUT2D eigenvalue weighted by Crippen LogP contribution is 2.22. The molecule has 1 aliphatic rings. The molecule has 1 heterocycles. The zero-order valence-electron chi connectivity index (χ0n) is 9.76. The molecule has 0 radical (unpaired) electrons. The Hall–Kier alpha value is -1.43. The summed E-state index contributed by atoms with van der Waals surface area (Å²) in [5.41, 5.74) is 6.02. The van der Waals surface area contributed by atoms with Crippen molar-refractivity contribution in [3.05, 3.63) is 12.2 Å². The lowest BCUT2D eigenvalue weighted by Gasteiger charge is -2.19.